The Labute approximate surface area is 147 Å². The Morgan fingerprint density at radius 3 is 2.29 bits per heavy atom. The standard InChI is InChI=1S/C17H33N3O3S/c1-4-20(24(3,22)23)16-7-11-19(12-8-16)17(21)13-14(2)15-5-9-18-10-6-15/h14-16,18H,4-13H2,1-3H3. The zero-order valence-electron chi connectivity index (χ0n) is 15.3. The van der Waals surface area contributed by atoms with Gasteiger partial charge in [0.25, 0.3) is 0 Å². The van der Waals surface area contributed by atoms with Gasteiger partial charge in [-0.05, 0) is 50.6 Å². The Morgan fingerprint density at radius 2 is 1.79 bits per heavy atom. The Morgan fingerprint density at radius 1 is 1.21 bits per heavy atom. The Kier molecular flexibility index (Phi) is 7.07. The molecule has 0 aliphatic carbocycles. The van der Waals surface area contributed by atoms with Gasteiger partial charge in [0.2, 0.25) is 15.9 Å². The molecule has 1 N–H and O–H groups in total. The van der Waals surface area contributed by atoms with E-state index in [4.69, 9.17) is 0 Å². The summed E-state index contributed by atoms with van der Waals surface area (Å²) in [4.78, 5) is 14.5. The maximum absolute atomic E-state index is 12.6. The lowest BCUT2D eigenvalue weighted by Gasteiger charge is -2.37. The lowest BCUT2D eigenvalue weighted by atomic mass is 9.84. The molecule has 0 bridgehead atoms. The van der Waals surface area contributed by atoms with Gasteiger partial charge in [-0.3, -0.25) is 4.79 Å². The van der Waals surface area contributed by atoms with Crippen molar-refractivity contribution in [1.29, 1.82) is 0 Å². The lowest BCUT2D eigenvalue weighted by molar-refractivity contribution is -0.133. The van der Waals surface area contributed by atoms with Gasteiger partial charge in [0.15, 0.2) is 0 Å². The van der Waals surface area contributed by atoms with E-state index in [0.717, 1.165) is 38.8 Å². The molecule has 2 aliphatic rings. The number of hydrogen-bond acceptors (Lipinski definition) is 4. The van der Waals surface area contributed by atoms with Crippen LogP contribution in [-0.2, 0) is 14.8 Å². The number of piperidine rings is 2. The van der Waals surface area contributed by atoms with Gasteiger partial charge in [-0.25, -0.2) is 8.42 Å². The summed E-state index contributed by atoms with van der Waals surface area (Å²) in [5, 5.41) is 3.37. The molecule has 2 heterocycles. The van der Waals surface area contributed by atoms with Crippen LogP contribution in [0.2, 0.25) is 0 Å². The van der Waals surface area contributed by atoms with Gasteiger partial charge in [0.05, 0.1) is 6.26 Å². The van der Waals surface area contributed by atoms with Crippen LogP contribution in [0.4, 0.5) is 0 Å². The molecule has 0 aromatic carbocycles. The number of carbonyl (C=O) groups is 1. The summed E-state index contributed by atoms with van der Waals surface area (Å²) in [5.41, 5.74) is 0. The normalized spacial score (nSPS) is 22.8. The molecule has 140 valence electrons. The third kappa shape index (κ3) is 5.17. The first-order valence-electron chi connectivity index (χ1n) is 9.28. The molecule has 0 radical (unpaired) electrons. The first-order valence-corrected chi connectivity index (χ1v) is 11.1. The van der Waals surface area contributed by atoms with Crippen LogP contribution in [0.1, 0.15) is 46.0 Å². The summed E-state index contributed by atoms with van der Waals surface area (Å²) in [6.07, 6.45) is 5.71. The van der Waals surface area contributed by atoms with Crippen molar-refractivity contribution < 1.29 is 13.2 Å². The van der Waals surface area contributed by atoms with Gasteiger partial charge in [-0.2, -0.15) is 4.31 Å². The van der Waals surface area contributed by atoms with E-state index in [9.17, 15) is 13.2 Å². The molecule has 1 atom stereocenters. The number of nitrogens with zero attached hydrogens (tertiary/aromatic N) is 2. The summed E-state index contributed by atoms with van der Waals surface area (Å²) >= 11 is 0. The molecule has 1 unspecified atom stereocenters. The van der Waals surface area contributed by atoms with Gasteiger partial charge < -0.3 is 10.2 Å². The summed E-state index contributed by atoms with van der Waals surface area (Å²) in [7, 11) is -3.16. The van der Waals surface area contributed by atoms with Crippen LogP contribution in [-0.4, -0.2) is 68.6 Å². The Balaban J connectivity index is 1.81. The van der Waals surface area contributed by atoms with Gasteiger partial charge in [0.1, 0.15) is 0 Å². The molecule has 2 fully saturated rings. The van der Waals surface area contributed by atoms with Gasteiger partial charge in [-0.15, -0.1) is 0 Å². The van der Waals surface area contributed by atoms with Gasteiger partial charge in [0, 0.05) is 32.1 Å². The van der Waals surface area contributed by atoms with Crippen molar-refractivity contribution in [3.05, 3.63) is 0 Å². The van der Waals surface area contributed by atoms with Crippen LogP contribution in [0, 0.1) is 11.8 Å². The van der Waals surface area contributed by atoms with Crippen molar-refractivity contribution in [1.82, 2.24) is 14.5 Å². The molecule has 7 heteroatoms. The van der Waals surface area contributed by atoms with Crippen molar-refractivity contribution in [2.75, 3.05) is 39.0 Å². The minimum Gasteiger partial charge on any atom is -0.343 e. The molecular formula is C17H33N3O3S. The second-order valence-corrected chi connectivity index (χ2v) is 9.28. The van der Waals surface area contributed by atoms with Crippen molar-refractivity contribution in [2.24, 2.45) is 11.8 Å². The average Bonchev–Trinajstić information content (AvgIpc) is 2.55. The highest BCUT2D eigenvalue weighted by Gasteiger charge is 2.31. The van der Waals surface area contributed by atoms with E-state index in [2.05, 4.69) is 12.2 Å². The molecule has 2 rings (SSSR count). The maximum Gasteiger partial charge on any atom is 0.222 e. The Hall–Kier alpha value is -0.660. The van der Waals surface area contributed by atoms with E-state index in [1.165, 1.54) is 6.26 Å². The summed E-state index contributed by atoms with van der Waals surface area (Å²) < 4.78 is 25.3. The quantitative estimate of drug-likeness (QED) is 0.776. The smallest absolute Gasteiger partial charge is 0.222 e. The van der Waals surface area contributed by atoms with Crippen LogP contribution >= 0.6 is 0 Å². The fraction of sp³-hybridized carbons (Fsp3) is 0.941. The molecule has 0 aromatic heterocycles. The lowest BCUT2D eigenvalue weighted by Crippen LogP contribution is -2.48. The highest BCUT2D eigenvalue weighted by atomic mass is 32.2. The number of rotatable bonds is 6. The van der Waals surface area contributed by atoms with Crippen LogP contribution in [0.15, 0.2) is 0 Å². The third-order valence-corrected chi connectivity index (χ3v) is 7.06. The minimum atomic E-state index is -3.16. The van der Waals surface area contributed by atoms with Crippen molar-refractivity contribution in [3.63, 3.8) is 0 Å². The predicted octanol–water partition coefficient (Wildman–Crippen LogP) is 1.28. The van der Waals surface area contributed by atoms with E-state index in [0.29, 0.717) is 37.9 Å². The molecule has 2 saturated heterocycles. The molecule has 0 aromatic rings. The summed E-state index contributed by atoms with van der Waals surface area (Å²) in [6, 6.07) is 0.0379. The number of likely N-dealkylation sites (tertiary alicyclic amines) is 1. The number of nitrogens with one attached hydrogen (secondary N) is 1. The third-order valence-electron chi connectivity index (χ3n) is 5.65. The summed E-state index contributed by atoms with van der Waals surface area (Å²) in [5.74, 6) is 1.32. The molecule has 0 saturated carbocycles. The minimum absolute atomic E-state index is 0.0379. The highest BCUT2D eigenvalue weighted by molar-refractivity contribution is 7.88. The maximum atomic E-state index is 12.6. The zero-order chi connectivity index (χ0) is 17.7. The van der Waals surface area contributed by atoms with Crippen LogP contribution in [0.5, 0.6) is 0 Å². The van der Waals surface area contributed by atoms with E-state index in [1.54, 1.807) is 4.31 Å². The molecule has 1 amide bonds. The van der Waals surface area contributed by atoms with Crippen molar-refractivity contribution in [3.8, 4) is 0 Å². The molecule has 24 heavy (non-hydrogen) atoms. The predicted molar refractivity (Wildman–Crippen MR) is 96.2 cm³/mol. The summed E-state index contributed by atoms with van der Waals surface area (Å²) in [6.45, 7) is 8.05. The topological polar surface area (TPSA) is 69.7 Å². The van der Waals surface area contributed by atoms with Crippen molar-refractivity contribution >= 4 is 15.9 Å². The second-order valence-electron chi connectivity index (χ2n) is 7.35. The first kappa shape index (κ1) is 19.7. The average molecular weight is 360 g/mol. The van der Waals surface area contributed by atoms with Gasteiger partial charge >= 0.3 is 0 Å². The number of hydrogen-bond donors (Lipinski definition) is 1. The second kappa shape index (κ2) is 8.63. The number of sulfonamides is 1. The first-order chi connectivity index (χ1) is 11.3. The van der Waals surface area contributed by atoms with Gasteiger partial charge in [-0.1, -0.05) is 13.8 Å². The fourth-order valence-electron chi connectivity index (χ4n) is 4.15. The molecule has 6 nitrogen and oxygen atoms in total. The van der Waals surface area contributed by atoms with Crippen LogP contribution in [0.3, 0.4) is 0 Å². The highest BCUT2D eigenvalue weighted by Crippen LogP contribution is 2.26. The van der Waals surface area contributed by atoms with E-state index >= 15 is 0 Å². The number of amides is 1. The van der Waals surface area contributed by atoms with Crippen molar-refractivity contribution in [2.45, 2.75) is 52.0 Å². The molecular weight excluding hydrogens is 326 g/mol. The fourth-order valence-corrected chi connectivity index (χ4v) is 5.37. The SMILES string of the molecule is CCN(C1CCN(C(=O)CC(C)C2CCNCC2)CC1)S(C)(=O)=O. The largest absolute Gasteiger partial charge is 0.343 e. The molecule has 2 aliphatic heterocycles. The Bertz CT molecular complexity index is 509. The molecule has 0 spiro atoms. The zero-order valence-corrected chi connectivity index (χ0v) is 16.1. The van der Waals surface area contributed by atoms with E-state index in [1.807, 2.05) is 11.8 Å². The van der Waals surface area contributed by atoms with E-state index < -0.39 is 10.0 Å². The number of carbonyl (C=O) groups excluding carboxylic acids is 1. The monoisotopic (exact) mass is 359 g/mol. The van der Waals surface area contributed by atoms with E-state index in [-0.39, 0.29) is 11.9 Å². The van der Waals surface area contributed by atoms with Crippen LogP contribution in [0.25, 0.3) is 0 Å². The van der Waals surface area contributed by atoms with Crippen LogP contribution < -0.4 is 5.32 Å².